The molecule has 128 valence electrons. The minimum Gasteiger partial charge on any atom is -0.312 e. The van der Waals surface area contributed by atoms with Crippen molar-refractivity contribution in [3.05, 3.63) is 0 Å². The van der Waals surface area contributed by atoms with Gasteiger partial charge in [-0.1, -0.05) is 34.6 Å². The fourth-order valence-corrected chi connectivity index (χ4v) is 4.14. The second-order valence-corrected chi connectivity index (χ2v) is 8.17. The number of nitrogens with zero attached hydrogens (tertiary/aromatic N) is 1. The molecule has 0 fully saturated rings. The highest BCUT2D eigenvalue weighted by atomic mass is 32.2. The Morgan fingerprint density at radius 1 is 1.05 bits per heavy atom. The van der Waals surface area contributed by atoms with Crippen LogP contribution in [0.25, 0.3) is 0 Å². The second-order valence-electron chi connectivity index (χ2n) is 5.91. The van der Waals surface area contributed by atoms with E-state index in [4.69, 9.17) is 0 Å². The van der Waals surface area contributed by atoms with Crippen molar-refractivity contribution in [1.29, 1.82) is 0 Å². The standard InChI is InChI=1S/C16H36N2O2S/c1-7-13-17-15(12-14-21(6,19)20)16(8-2,9-3)18(10-4)11-5/h15,17H,7-14H2,1-6H3. The van der Waals surface area contributed by atoms with Crippen LogP contribution in [0.1, 0.15) is 60.3 Å². The lowest BCUT2D eigenvalue weighted by Crippen LogP contribution is -2.61. The smallest absolute Gasteiger partial charge is 0.147 e. The van der Waals surface area contributed by atoms with Gasteiger partial charge in [-0.15, -0.1) is 0 Å². The van der Waals surface area contributed by atoms with Crippen LogP contribution in [-0.4, -0.2) is 56.5 Å². The summed E-state index contributed by atoms with van der Waals surface area (Å²) in [6.45, 7) is 13.9. The summed E-state index contributed by atoms with van der Waals surface area (Å²) in [5.74, 6) is 0.261. The van der Waals surface area contributed by atoms with E-state index in [9.17, 15) is 8.42 Å². The monoisotopic (exact) mass is 320 g/mol. The van der Waals surface area contributed by atoms with Gasteiger partial charge in [-0.3, -0.25) is 4.90 Å². The number of hydrogen-bond donors (Lipinski definition) is 1. The summed E-state index contributed by atoms with van der Waals surface area (Å²) in [5.41, 5.74) is 0.0450. The second kappa shape index (κ2) is 9.80. The minimum absolute atomic E-state index is 0.0450. The molecule has 0 heterocycles. The molecule has 0 amide bonds. The van der Waals surface area contributed by atoms with Crippen LogP contribution in [0.2, 0.25) is 0 Å². The number of sulfone groups is 1. The molecule has 1 N–H and O–H groups in total. The maximum Gasteiger partial charge on any atom is 0.147 e. The average molecular weight is 321 g/mol. The van der Waals surface area contributed by atoms with Crippen molar-refractivity contribution in [2.45, 2.75) is 71.9 Å². The molecule has 1 unspecified atom stereocenters. The van der Waals surface area contributed by atoms with Gasteiger partial charge in [0.2, 0.25) is 0 Å². The Balaban J connectivity index is 5.34. The lowest BCUT2D eigenvalue weighted by molar-refractivity contribution is 0.0481. The molecule has 0 saturated carbocycles. The van der Waals surface area contributed by atoms with E-state index < -0.39 is 9.84 Å². The van der Waals surface area contributed by atoms with Gasteiger partial charge < -0.3 is 5.32 Å². The van der Waals surface area contributed by atoms with E-state index in [1.165, 1.54) is 6.26 Å². The SMILES string of the molecule is CCCNC(CCS(C)(=O)=O)C(CC)(CC)N(CC)CC. The Labute approximate surface area is 132 Å². The molecule has 1 atom stereocenters. The van der Waals surface area contributed by atoms with E-state index in [1.54, 1.807) is 0 Å². The van der Waals surface area contributed by atoms with Gasteiger partial charge >= 0.3 is 0 Å². The van der Waals surface area contributed by atoms with Gasteiger partial charge in [0.1, 0.15) is 9.84 Å². The molecule has 21 heavy (non-hydrogen) atoms. The summed E-state index contributed by atoms with van der Waals surface area (Å²) in [7, 11) is -2.92. The zero-order valence-electron chi connectivity index (χ0n) is 14.9. The Kier molecular flexibility index (Phi) is 9.74. The van der Waals surface area contributed by atoms with Gasteiger partial charge in [-0.05, 0) is 45.3 Å². The topological polar surface area (TPSA) is 49.4 Å². The predicted molar refractivity (Wildman–Crippen MR) is 92.6 cm³/mol. The van der Waals surface area contributed by atoms with Crippen molar-refractivity contribution in [2.24, 2.45) is 0 Å². The van der Waals surface area contributed by atoms with Crippen LogP contribution in [0.3, 0.4) is 0 Å². The summed E-state index contributed by atoms with van der Waals surface area (Å²) >= 11 is 0. The third kappa shape index (κ3) is 6.25. The first-order valence-electron chi connectivity index (χ1n) is 8.47. The van der Waals surface area contributed by atoms with Gasteiger partial charge in [0.25, 0.3) is 0 Å². The van der Waals surface area contributed by atoms with E-state index in [-0.39, 0.29) is 17.3 Å². The van der Waals surface area contributed by atoms with Crippen molar-refractivity contribution in [1.82, 2.24) is 10.2 Å². The summed E-state index contributed by atoms with van der Waals surface area (Å²) in [4.78, 5) is 2.50. The quantitative estimate of drug-likeness (QED) is 0.601. The molecule has 5 heteroatoms. The van der Waals surface area contributed by atoms with Gasteiger partial charge in [0.05, 0.1) is 5.75 Å². The molecule has 0 bridgehead atoms. The Morgan fingerprint density at radius 3 is 1.90 bits per heavy atom. The zero-order valence-corrected chi connectivity index (χ0v) is 15.7. The van der Waals surface area contributed by atoms with Crippen LogP contribution < -0.4 is 5.32 Å². The molecule has 0 aromatic carbocycles. The zero-order chi connectivity index (χ0) is 16.5. The first-order valence-corrected chi connectivity index (χ1v) is 10.5. The molecule has 0 aromatic rings. The van der Waals surface area contributed by atoms with Crippen LogP contribution in [-0.2, 0) is 9.84 Å². The Bertz CT molecular complexity index is 360. The molecule has 0 spiro atoms. The van der Waals surface area contributed by atoms with Crippen molar-refractivity contribution < 1.29 is 8.42 Å². The van der Waals surface area contributed by atoms with Crippen molar-refractivity contribution in [3.63, 3.8) is 0 Å². The molecule has 0 rings (SSSR count). The molecule has 0 aliphatic carbocycles. The molecular formula is C16H36N2O2S. The average Bonchev–Trinajstić information content (AvgIpc) is 2.44. The number of rotatable bonds is 12. The highest BCUT2D eigenvalue weighted by molar-refractivity contribution is 7.90. The van der Waals surface area contributed by atoms with Crippen LogP contribution in [0.4, 0.5) is 0 Å². The Morgan fingerprint density at radius 2 is 1.57 bits per heavy atom. The predicted octanol–water partition coefficient (Wildman–Crippen LogP) is 2.69. The number of likely N-dealkylation sites (N-methyl/N-ethyl adjacent to an activating group) is 1. The minimum atomic E-state index is -2.92. The van der Waals surface area contributed by atoms with Crippen LogP contribution in [0, 0.1) is 0 Å². The molecule has 0 aliphatic rings. The largest absolute Gasteiger partial charge is 0.312 e. The normalized spacial score (nSPS) is 14.6. The number of hydrogen-bond acceptors (Lipinski definition) is 4. The summed E-state index contributed by atoms with van der Waals surface area (Å²) in [6, 6.07) is 0.224. The van der Waals surface area contributed by atoms with Crippen molar-refractivity contribution in [2.75, 3.05) is 31.6 Å². The third-order valence-electron chi connectivity index (χ3n) is 4.68. The molecule has 0 radical (unpaired) electrons. The van der Waals surface area contributed by atoms with E-state index in [2.05, 4.69) is 44.8 Å². The first kappa shape index (κ1) is 20.9. The highest BCUT2D eigenvalue weighted by Crippen LogP contribution is 2.30. The maximum absolute atomic E-state index is 11.6. The summed E-state index contributed by atoms with van der Waals surface area (Å²) < 4.78 is 23.2. The maximum atomic E-state index is 11.6. The van der Waals surface area contributed by atoms with E-state index in [0.29, 0.717) is 6.42 Å². The van der Waals surface area contributed by atoms with Gasteiger partial charge in [-0.25, -0.2) is 8.42 Å². The third-order valence-corrected chi connectivity index (χ3v) is 5.66. The van der Waals surface area contributed by atoms with Crippen LogP contribution >= 0.6 is 0 Å². The van der Waals surface area contributed by atoms with Gasteiger partial charge in [-0.2, -0.15) is 0 Å². The summed E-state index contributed by atoms with van der Waals surface area (Å²) in [6.07, 6.45) is 5.17. The molecule has 0 aromatic heterocycles. The van der Waals surface area contributed by atoms with Gasteiger partial charge in [0, 0.05) is 17.8 Å². The highest BCUT2D eigenvalue weighted by Gasteiger charge is 2.39. The molecule has 0 aliphatic heterocycles. The lowest BCUT2D eigenvalue weighted by atomic mass is 9.81. The Hall–Kier alpha value is -0.130. The van der Waals surface area contributed by atoms with Gasteiger partial charge in [0.15, 0.2) is 0 Å². The molecular weight excluding hydrogens is 284 g/mol. The van der Waals surface area contributed by atoms with E-state index in [0.717, 1.165) is 38.9 Å². The lowest BCUT2D eigenvalue weighted by Gasteiger charge is -2.48. The number of nitrogens with one attached hydrogen (secondary N) is 1. The van der Waals surface area contributed by atoms with Crippen molar-refractivity contribution in [3.8, 4) is 0 Å². The van der Waals surface area contributed by atoms with Crippen LogP contribution in [0.5, 0.6) is 0 Å². The van der Waals surface area contributed by atoms with E-state index >= 15 is 0 Å². The fourth-order valence-electron chi connectivity index (χ4n) is 3.48. The van der Waals surface area contributed by atoms with Crippen molar-refractivity contribution >= 4 is 9.84 Å². The fraction of sp³-hybridized carbons (Fsp3) is 1.00. The first-order chi connectivity index (χ1) is 9.81. The molecule has 0 saturated heterocycles. The summed E-state index contributed by atoms with van der Waals surface area (Å²) in [5, 5.41) is 3.63. The van der Waals surface area contributed by atoms with Crippen LogP contribution in [0.15, 0.2) is 0 Å². The molecule has 4 nitrogen and oxygen atoms in total. The van der Waals surface area contributed by atoms with E-state index in [1.807, 2.05) is 0 Å².